The summed E-state index contributed by atoms with van der Waals surface area (Å²) in [6, 6.07) is 10.7. The molecule has 2 aliphatic rings. The number of rotatable bonds is 4. The van der Waals surface area contributed by atoms with Gasteiger partial charge in [-0.25, -0.2) is 18.7 Å². The predicted octanol–water partition coefficient (Wildman–Crippen LogP) is 3.79. The number of hydrogen-bond acceptors (Lipinski definition) is 6. The van der Waals surface area contributed by atoms with Crippen molar-refractivity contribution < 1.29 is 18.7 Å². The smallest absolute Gasteiger partial charge is 0.228 e. The number of nitrogens with zero attached hydrogens (tertiary/aromatic N) is 5. The van der Waals surface area contributed by atoms with E-state index in [0.29, 0.717) is 43.3 Å². The number of aromatic nitrogens is 3. The van der Waals surface area contributed by atoms with Crippen molar-refractivity contribution in [1.29, 1.82) is 0 Å². The Kier molecular flexibility index (Phi) is 7.75. The molecule has 2 aromatic heterocycles. The lowest BCUT2D eigenvalue weighted by molar-refractivity contribution is -0.153. The molecule has 1 amide bonds. The number of anilines is 1. The molecule has 0 saturated carbocycles. The van der Waals surface area contributed by atoms with Gasteiger partial charge in [0, 0.05) is 62.4 Å². The standard InChI is InChI=1S/C27H29F2N5O2.ClH/c1-17-12-34(13-18(2)27(17,36)24-5-3-4-9-31-24)26(35)22-15-33(25-8-10-30-16-32-25)14-21(22)20-7-6-19(28)11-23(20)29;/h3-11,16-18,21-22,36H,12-15H2,1-2H3;1H/t17-,18+,21-,22+,27+;/m0./s1. The van der Waals surface area contributed by atoms with E-state index in [2.05, 4.69) is 15.0 Å². The van der Waals surface area contributed by atoms with Gasteiger partial charge in [-0.15, -0.1) is 12.4 Å². The molecule has 2 saturated heterocycles. The van der Waals surface area contributed by atoms with Gasteiger partial charge in [0.05, 0.1) is 11.6 Å². The molecule has 5 rings (SSSR count). The van der Waals surface area contributed by atoms with Crippen LogP contribution in [0.5, 0.6) is 0 Å². The van der Waals surface area contributed by atoms with Crippen LogP contribution >= 0.6 is 12.4 Å². The first-order valence-electron chi connectivity index (χ1n) is 12.2. The van der Waals surface area contributed by atoms with Crippen LogP contribution in [0.4, 0.5) is 14.6 Å². The van der Waals surface area contributed by atoms with Crippen molar-refractivity contribution in [3.05, 3.63) is 84.1 Å². The minimum atomic E-state index is -1.16. The largest absolute Gasteiger partial charge is 0.383 e. The van der Waals surface area contributed by atoms with E-state index in [0.717, 1.165) is 6.07 Å². The van der Waals surface area contributed by atoms with E-state index in [4.69, 9.17) is 0 Å². The molecule has 0 aliphatic carbocycles. The first-order valence-corrected chi connectivity index (χ1v) is 12.2. The zero-order valence-electron chi connectivity index (χ0n) is 20.7. The molecule has 0 spiro atoms. The lowest BCUT2D eigenvalue weighted by atomic mass is 9.72. The number of likely N-dealkylation sites (tertiary alicyclic amines) is 1. The predicted molar refractivity (Wildman–Crippen MR) is 137 cm³/mol. The van der Waals surface area contributed by atoms with Crippen LogP contribution in [-0.4, -0.2) is 57.0 Å². The first-order chi connectivity index (χ1) is 17.3. The SMILES string of the molecule is C[C@@H]1CN(C(=O)[C@@H]2CN(c3ccncn3)C[C@H]2c2ccc(F)cc2F)C[C@H](C)[C@]1(O)c1ccccn1.Cl. The highest BCUT2D eigenvalue weighted by Gasteiger charge is 2.50. The number of pyridine rings is 1. The Morgan fingerprint density at radius 2 is 1.76 bits per heavy atom. The second kappa shape index (κ2) is 10.7. The van der Waals surface area contributed by atoms with Crippen molar-refractivity contribution in [2.45, 2.75) is 25.4 Å². The highest BCUT2D eigenvalue weighted by molar-refractivity contribution is 5.85. The summed E-state index contributed by atoms with van der Waals surface area (Å²) in [5.41, 5.74) is -0.253. The van der Waals surface area contributed by atoms with Gasteiger partial charge < -0.3 is 14.9 Å². The monoisotopic (exact) mass is 529 g/mol. The topological polar surface area (TPSA) is 82.5 Å². The lowest BCUT2D eigenvalue weighted by Gasteiger charge is -2.48. The average molecular weight is 530 g/mol. The molecular formula is C27H30ClF2N5O2. The Labute approximate surface area is 221 Å². The maximum atomic E-state index is 14.9. The molecule has 37 heavy (non-hydrogen) atoms. The van der Waals surface area contributed by atoms with Crippen LogP contribution in [-0.2, 0) is 10.4 Å². The number of piperidine rings is 1. The summed E-state index contributed by atoms with van der Waals surface area (Å²) in [6.07, 6.45) is 4.72. The van der Waals surface area contributed by atoms with Gasteiger partial charge >= 0.3 is 0 Å². The molecule has 0 unspecified atom stereocenters. The molecule has 4 heterocycles. The van der Waals surface area contributed by atoms with Gasteiger partial charge in [0.15, 0.2) is 0 Å². The van der Waals surface area contributed by atoms with Crippen LogP contribution in [0.2, 0.25) is 0 Å². The minimum Gasteiger partial charge on any atom is -0.383 e. The first kappa shape index (κ1) is 26.9. The van der Waals surface area contributed by atoms with Gasteiger partial charge in [-0.05, 0) is 29.8 Å². The fourth-order valence-electron chi connectivity index (χ4n) is 5.85. The Hall–Kier alpha value is -3.17. The van der Waals surface area contributed by atoms with Gasteiger partial charge in [-0.1, -0.05) is 26.0 Å². The maximum absolute atomic E-state index is 14.9. The van der Waals surface area contributed by atoms with Gasteiger partial charge in [-0.3, -0.25) is 9.78 Å². The van der Waals surface area contributed by atoms with Gasteiger partial charge in [0.1, 0.15) is 29.4 Å². The fourth-order valence-corrected chi connectivity index (χ4v) is 5.85. The van der Waals surface area contributed by atoms with E-state index >= 15 is 0 Å². The van der Waals surface area contributed by atoms with Crippen LogP contribution in [0, 0.1) is 29.4 Å². The molecule has 5 atom stereocenters. The summed E-state index contributed by atoms with van der Waals surface area (Å²) in [4.78, 5) is 30.3. The third-order valence-corrected chi connectivity index (χ3v) is 7.77. The van der Waals surface area contributed by atoms with Gasteiger partial charge in [-0.2, -0.15) is 0 Å². The highest BCUT2D eigenvalue weighted by atomic mass is 35.5. The average Bonchev–Trinajstić information content (AvgIpc) is 3.32. The molecule has 1 N–H and O–H groups in total. The quantitative estimate of drug-likeness (QED) is 0.554. The van der Waals surface area contributed by atoms with Crippen molar-refractivity contribution in [2.75, 3.05) is 31.1 Å². The number of amides is 1. The summed E-state index contributed by atoms with van der Waals surface area (Å²) in [5.74, 6) is -2.33. The van der Waals surface area contributed by atoms with Crippen LogP contribution < -0.4 is 4.90 Å². The van der Waals surface area contributed by atoms with Crippen LogP contribution in [0.3, 0.4) is 0 Å². The van der Waals surface area contributed by atoms with Crippen molar-refractivity contribution in [3.8, 4) is 0 Å². The van der Waals surface area contributed by atoms with Gasteiger partial charge in [0.25, 0.3) is 0 Å². The maximum Gasteiger partial charge on any atom is 0.228 e. The zero-order chi connectivity index (χ0) is 25.4. The fraction of sp³-hybridized carbons (Fsp3) is 0.407. The molecule has 3 aromatic rings. The molecule has 1 aromatic carbocycles. The number of hydrogen-bond donors (Lipinski definition) is 1. The van der Waals surface area contributed by atoms with Gasteiger partial charge in [0.2, 0.25) is 5.91 Å². The Morgan fingerprint density at radius 1 is 1.00 bits per heavy atom. The summed E-state index contributed by atoms with van der Waals surface area (Å²) in [7, 11) is 0. The number of carbonyl (C=O) groups is 1. The van der Waals surface area contributed by atoms with E-state index in [1.165, 1.54) is 18.5 Å². The van der Waals surface area contributed by atoms with E-state index in [-0.39, 0.29) is 30.2 Å². The Bertz CT molecular complexity index is 1220. The summed E-state index contributed by atoms with van der Waals surface area (Å²) in [6.45, 7) is 5.25. The van der Waals surface area contributed by atoms with E-state index < -0.39 is 29.1 Å². The van der Waals surface area contributed by atoms with Crippen LogP contribution in [0.1, 0.15) is 31.0 Å². The second-order valence-electron chi connectivity index (χ2n) is 9.94. The second-order valence-corrected chi connectivity index (χ2v) is 9.94. The molecular weight excluding hydrogens is 500 g/mol. The third kappa shape index (κ3) is 4.90. The molecule has 2 aliphatic heterocycles. The van der Waals surface area contributed by atoms with Crippen LogP contribution in [0.25, 0.3) is 0 Å². The lowest BCUT2D eigenvalue weighted by Crippen LogP contribution is -2.57. The van der Waals surface area contributed by atoms with E-state index in [1.54, 1.807) is 29.4 Å². The summed E-state index contributed by atoms with van der Waals surface area (Å²) >= 11 is 0. The Balaban J connectivity index is 0.00000320. The molecule has 0 radical (unpaired) electrons. The van der Waals surface area contributed by atoms with E-state index in [9.17, 15) is 18.7 Å². The Morgan fingerprint density at radius 3 is 2.38 bits per heavy atom. The third-order valence-electron chi connectivity index (χ3n) is 7.77. The molecule has 10 heteroatoms. The highest BCUT2D eigenvalue weighted by Crippen LogP contribution is 2.42. The van der Waals surface area contributed by atoms with Crippen molar-refractivity contribution in [3.63, 3.8) is 0 Å². The van der Waals surface area contributed by atoms with Crippen LogP contribution in [0.15, 0.2) is 61.2 Å². The number of aliphatic hydroxyl groups is 1. The minimum absolute atomic E-state index is 0. The number of benzene rings is 1. The number of halogens is 3. The molecule has 2 fully saturated rings. The number of carbonyl (C=O) groups excluding carboxylic acids is 1. The molecule has 196 valence electrons. The van der Waals surface area contributed by atoms with Crippen molar-refractivity contribution in [1.82, 2.24) is 19.9 Å². The molecule has 0 bridgehead atoms. The summed E-state index contributed by atoms with van der Waals surface area (Å²) in [5, 5.41) is 11.6. The van der Waals surface area contributed by atoms with Crippen molar-refractivity contribution in [2.24, 2.45) is 17.8 Å². The summed E-state index contributed by atoms with van der Waals surface area (Å²) < 4.78 is 28.5. The van der Waals surface area contributed by atoms with E-state index in [1.807, 2.05) is 30.9 Å². The zero-order valence-corrected chi connectivity index (χ0v) is 21.5. The normalized spacial score (nSPS) is 27.6. The molecule has 7 nitrogen and oxygen atoms in total. The van der Waals surface area contributed by atoms with Crippen molar-refractivity contribution >= 4 is 24.1 Å².